The molecule has 0 unspecified atom stereocenters. The predicted molar refractivity (Wildman–Crippen MR) is 87.2 cm³/mol. The van der Waals surface area contributed by atoms with Crippen LogP contribution in [0.1, 0.15) is 18.2 Å². The fourth-order valence-corrected chi connectivity index (χ4v) is 2.87. The Balaban J connectivity index is 2.18. The summed E-state index contributed by atoms with van der Waals surface area (Å²) in [7, 11) is 5.19. The molecular formula is C15H20BrN3O2. The standard InChI is InChI=1S/C15H20BrN3O2/c1-5-12-13(9-19(2)18-12)17-8-10-6-11(16)15(21-4)14(7-10)20-3/h6-7,9,17H,5,8H2,1-4H3. The van der Waals surface area contributed by atoms with Gasteiger partial charge < -0.3 is 14.8 Å². The van der Waals surface area contributed by atoms with Crippen molar-refractivity contribution in [2.45, 2.75) is 19.9 Å². The second-order valence-electron chi connectivity index (χ2n) is 4.68. The molecule has 0 saturated heterocycles. The summed E-state index contributed by atoms with van der Waals surface area (Å²) in [6.07, 6.45) is 2.90. The van der Waals surface area contributed by atoms with Crippen molar-refractivity contribution in [1.29, 1.82) is 0 Å². The van der Waals surface area contributed by atoms with Crippen LogP contribution in [-0.2, 0) is 20.0 Å². The highest BCUT2D eigenvalue weighted by molar-refractivity contribution is 9.10. The summed E-state index contributed by atoms with van der Waals surface area (Å²) in [6, 6.07) is 3.99. The number of benzene rings is 1. The van der Waals surface area contributed by atoms with E-state index < -0.39 is 0 Å². The van der Waals surface area contributed by atoms with Gasteiger partial charge in [0.2, 0.25) is 0 Å². The molecule has 0 radical (unpaired) electrons. The molecule has 0 aliphatic carbocycles. The molecule has 1 N–H and O–H groups in total. The molecule has 1 aromatic carbocycles. The Hall–Kier alpha value is -1.69. The zero-order valence-corrected chi connectivity index (χ0v) is 14.3. The molecule has 0 atom stereocenters. The Kier molecular flexibility index (Phi) is 5.12. The molecule has 2 aromatic rings. The minimum absolute atomic E-state index is 0.692. The highest BCUT2D eigenvalue weighted by Crippen LogP contribution is 2.36. The van der Waals surface area contributed by atoms with Crippen LogP contribution in [0.4, 0.5) is 5.69 Å². The molecule has 6 heteroatoms. The molecule has 0 aliphatic heterocycles. The van der Waals surface area contributed by atoms with Crippen LogP contribution in [0.3, 0.4) is 0 Å². The van der Waals surface area contributed by atoms with Crippen molar-refractivity contribution in [2.75, 3.05) is 19.5 Å². The van der Waals surface area contributed by atoms with Crippen molar-refractivity contribution < 1.29 is 9.47 Å². The zero-order chi connectivity index (χ0) is 15.4. The molecule has 114 valence electrons. The van der Waals surface area contributed by atoms with Crippen LogP contribution in [0.25, 0.3) is 0 Å². The topological polar surface area (TPSA) is 48.3 Å². The van der Waals surface area contributed by atoms with Crippen molar-refractivity contribution >= 4 is 21.6 Å². The summed E-state index contributed by atoms with van der Waals surface area (Å²) in [5.41, 5.74) is 3.23. The first-order valence-electron chi connectivity index (χ1n) is 6.75. The zero-order valence-electron chi connectivity index (χ0n) is 12.7. The smallest absolute Gasteiger partial charge is 0.174 e. The molecule has 21 heavy (non-hydrogen) atoms. The third kappa shape index (κ3) is 3.50. The Morgan fingerprint density at radius 1 is 1.29 bits per heavy atom. The van der Waals surface area contributed by atoms with Gasteiger partial charge in [-0.15, -0.1) is 0 Å². The van der Waals surface area contributed by atoms with E-state index in [1.807, 2.05) is 30.1 Å². The molecule has 0 saturated carbocycles. The van der Waals surface area contributed by atoms with E-state index in [1.165, 1.54) is 0 Å². The van der Waals surface area contributed by atoms with Crippen molar-refractivity contribution in [2.24, 2.45) is 7.05 Å². The van der Waals surface area contributed by atoms with Gasteiger partial charge in [-0.25, -0.2) is 0 Å². The van der Waals surface area contributed by atoms with E-state index in [0.29, 0.717) is 18.0 Å². The van der Waals surface area contributed by atoms with Gasteiger partial charge >= 0.3 is 0 Å². The van der Waals surface area contributed by atoms with Gasteiger partial charge in [0, 0.05) is 19.8 Å². The minimum Gasteiger partial charge on any atom is -0.493 e. The average Bonchev–Trinajstić information content (AvgIpc) is 2.84. The lowest BCUT2D eigenvalue weighted by Crippen LogP contribution is -2.02. The minimum atomic E-state index is 0.692. The van der Waals surface area contributed by atoms with Crippen molar-refractivity contribution in [3.63, 3.8) is 0 Å². The molecule has 1 aromatic heterocycles. The first kappa shape index (κ1) is 15.7. The van der Waals surface area contributed by atoms with E-state index in [2.05, 4.69) is 33.3 Å². The first-order chi connectivity index (χ1) is 10.1. The Morgan fingerprint density at radius 3 is 2.67 bits per heavy atom. The second-order valence-corrected chi connectivity index (χ2v) is 5.54. The molecule has 0 amide bonds. The van der Waals surface area contributed by atoms with Crippen LogP contribution in [0.5, 0.6) is 11.5 Å². The number of hydrogen-bond acceptors (Lipinski definition) is 4. The Labute approximate surface area is 133 Å². The number of nitrogens with zero attached hydrogens (tertiary/aromatic N) is 2. The number of aryl methyl sites for hydroxylation is 2. The number of methoxy groups -OCH3 is 2. The van der Waals surface area contributed by atoms with Gasteiger partial charge in [0.1, 0.15) is 0 Å². The van der Waals surface area contributed by atoms with E-state index >= 15 is 0 Å². The van der Waals surface area contributed by atoms with Crippen molar-refractivity contribution in [3.05, 3.63) is 34.1 Å². The third-order valence-electron chi connectivity index (χ3n) is 3.22. The average molecular weight is 354 g/mol. The number of nitrogens with one attached hydrogen (secondary N) is 1. The third-order valence-corrected chi connectivity index (χ3v) is 3.81. The van der Waals surface area contributed by atoms with Gasteiger partial charge in [0.05, 0.1) is 30.1 Å². The molecule has 1 heterocycles. The summed E-state index contributed by atoms with van der Waals surface area (Å²) in [5.74, 6) is 1.42. The van der Waals surface area contributed by atoms with Crippen LogP contribution in [0, 0.1) is 0 Å². The van der Waals surface area contributed by atoms with Gasteiger partial charge in [-0.2, -0.15) is 5.10 Å². The van der Waals surface area contributed by atoms with Gasteiger partial charge in [-0.3, -0.25) is 4.68 Å². The summed E-state index contributed by atoms with van der Waals surface area (Å²) in [4.78, 5) is 0. The predicted octanol–water partition coefficient (Wildman–Crippen LogP) is 3.37. The first-order valence-corrected chi connectivity index (χ1v) is 7.55. The number of hydrogen-bond donors (Lipinski definition) is 1. The molecule has 2 rings (SSSR count). The van der Waals surface area contributed by atoms with Crippen LogP contribution in [0.2, 0.25) is 0 Å². The van der Waals surface area contributed by atoms with Crippen LogP contribution < -0.4 is 14.8 Å². The highest BCUT2D eigenvalue weighted by atomic mass is 79.9. The van der Waals surface area contributed by atoms with E-state index in [0.717, 1.165) is 27.8 Å². The lowest BCUT2D eigenvalue weighted by molar-refractivity contribution is 0.352. The SMILES string of the molecule is CCc1nn(C)cc1NCc1cc(Br)c(OC)c(OC)c1. The van der Waals surface area contributed by atoms with Gasteiger partial charge in [-0.1, -0.05) is 6.92 Å². The van der Waals surface area contributed by atoms with Crippen molar-refractivity contribution in [1.82, 2.24) is 9.78 Å². The number of aromatic nitrogens is 2. The van der Waals surface area contributed by atoms with E-state index in [4.69, 9.17) is 9.47 Å². The summed E-state index contributed by atoms with van der Waals surface area (Å²) >= 11 is 3.51. The largest absolute Gasteiger partial charge is 0.493 e. The highest BCUT2D eigenvalue weighted by Gasteiger charge is 2.11. The van der Waals surface area contributed by atoms with Crippen LogP contribution in [-0.4, -0.2) is 24.0 Å². The Bertz CT molecular complexity index is 626. The van der Waals surface area contributed by atoms with Gasteiger partial charge in [0.25, 0.3) is 0 Å². The molecule has 0 aliphatic rings. The normalized spacial score (nSPS) is 10.5. The monoisotopic (exact) mass is 353 g/mol. The summed E-state index contributed by atoms with van der Waals surface area (Å²) in [6.45, 7) is 2.79. The summed E-state index contributed by atoms with van der Waals surface area (Å²) in [5, 5.41) is 7.84. The maximum absolute atomic E-state index is 5.36. The number of ether oxygens (including phenoxy) is 2. The maximum Gasteiger partial charge on any atom is 0.174 e. The fraction of sp³-hybridized carbons (Fsp3) is 0.400. The fourth-order valence-electron chi connectivity index (χ4n) is 2.21. The molecule has 0 spiro atoms. The molecular weight excluding hydrogens is 334 g/mol. The number of halogens is 1. The molecule has 0 bridgehead atoms. The molecule has 0 fully saturated rings. The maximum atomic E-state index is 5.36. The van der Waals surface area contributed by atoms with Gasteiger partial charge in [0.15, 0.2) is 11.5 Å². The van der Waals surface area contributed by atoms with Gasteiger partial charge in [-0.05, 0) is 40.0 Å². The quantitative estimate of drug-likeness (QED) is 0.864. The Morgan fingerprint density at radius 2 is 2.05 bits per heavy atom. The van der Waals surface area contributed by atoms with E-state index in [1.54, 1.807) is 14.2 Å². The lowest BCUT2D eigenvalue weighted by atomic mass is 10.2. The van der Waals surface area contributed by atoms with E-state index in [9.17, 15) is 0 Å². The summed E-state index contributed by atoms with van der Waals surface area (Å²) < 4.78 is 13.4. The number of rotatable bonds is 6. The second kappa shape index (κ2) is 6.85. The lowest BCUT2D eigenvalue weighted by Gasteiger charge is -2.12. The molecule has 5 nitrogen and oxygen atoms in total. The van der Waals surface area contributed by atoms with Crippen LogP contribution in [0.15, 0.2) is 22.8 Å². The number of anilines is 1. The van der Waals surface area contributed by atoms with Crippen LogP contribution >= 0.6 is 15.9 Å². The van der Waals surface area contributed by atoms with Crippen molar-refractivity contribution in [3.8, 4) is 11.5 Å². The van der Waals surface area contributed by atoms with E-state index in [-0.39, 0.29) is 0 Å².